The van der Waals surface area contributed by atoms with Crippen LogP contribution in [0.3, 0.4) is 0 Å². The molecule has 1 aliphatic heterocycles. The molecule has 0 radical (unpaired) electrons. The third kappa shape index (κ3) is 6.07. The molecular formula is C33H32N4O8. The summed E-state index contributed by atoms with van der Waals surface area (Å²) in [5, 5.41) is 14.8. The predicted octanol–water partition coefficient (Wildman–Crippen LogP) is 5.95. The van der Waals surface area contributed by atoms with E-state index < -0.39 is 16.4 Å². The fraction of sp³-hybridized carbons (Fsp3) is 0.242. The fourth-order valence-electron chi connectivity index (χ4n) is 5.18. The van der Waals surface area contributed by atoms with Crippen LogP contribution in [0.4, 0.5) is 17.1 Å². The normalized spacial score (nSPS) is 13.4. The van der Waals surface area contributed by atoms with Crippen LogP contribution in [-0.4, -0.2) is 48.6 Å². The molecule has 0 unspecified atom stereocenters. The van der Waals surface area contributed by atoms with Gasteiger partial charge in [-0.25, -0.2) is 4.79 Å². The first-order chi connectivity index (χ1) is 21.4. The second-order valence-electron chi connectivity index (χ2n) is 10.9. The molecule has 0 spiro atoms. The lowest BCUT2D eigenvalue weighted by molar-refractivity contribution is -0.385. The van der Waals surface area contributed by atoms with E-state index in [0.717, 1.165) is 5.69 Å². The second kappa shape index (κ2) is 12.2. The van der Waals surface area contributed by atoms with Crippen LogP contribution in [0.15, 0.2) is 66.9 Å². The van der Waals surface area contributed by atoms with Crippen LogP contribution in [0.2, 0.25) is 0 Å². The monoisotopic (exact) mass is 612 g/mol. The predicted molar refractivity (Wildman–Crippen MR) is 167 cm³/mol. The van der Waals surface area contributed by atoms with Gasteiger partial charge in [-0.3, -0.25) is 19.9 Å². The molecule has 0 aliphatic carbocycles. The number of amides is 1. The number of likely N-dealkylation sites (N-methyl/N-ethyl adjacent to an activating group) is 1. The summed E-state index contributed by atoms with van der Waals surface area (Å²) in [6.45, 7) is 5.32. The van der Waals surface area contributed by atoms with Gasteiger partial charge in [-0.05, 0) is 62.7 Å². The number of non-ortho nitro benzene ring substituents is 1. The molecule has 232 valence electrons. The van der Waals surface area contributed by atoms with Crippen LogP contribution < -0.4 is 29.2 Å². The highest BCUT2D eigenvalue weighted by Crippen LogP contribution is 2.45. The van der Waals surface area contributed by atoms with Crippen LogP contribution in [0.1, 0.15) is 35.5 Å². The molecule has 12 heteroatoms. The highest BCUT2D eigenvalue weighted by atomic mass is 16.6. The minimum atomic E-state index is -0.860. The molecular weight excluding hydrogens is 580 g/mol. The van der Waals surface area contributed by atoms with E-state index in [4.69, 9.17) is 18.9 Å². The van der Waals surface area contributed by atoms with Crippen molar-refractivity contribution in [2.24, 2.45) is 0 Å². The summed E-state index contributed by atoms with van der Waals surface area (Å²) in [5.74, 6) is 0.390. The minimum Gasteiger partial charge on any atom is -0.496 e. The van der Waals surface area contributed by atoms with Gasteiger partial charge < -0.3 is 29.2 Å². The maximum atomic E-state index is 13.4. The van der Waals surface area contributed by atoms with Gasteiger partial charge in [0.15, 0.2) is 11.5 Å². The number of carbonyl (C=O) groups excluding carboxylic acids is 2. The van der Waals surface area contributed by atoms with Crippen molar-refractivity contribution in [1.82, 2.24) is 4.98 Å². The number of nitrogens with one attached hydrogen (secondary N) is 1. The van der Waals surface area contributed by atoms with Gasteiger partial charge in [0.25, 0.3) is 11.6 Å². The number of aromatic nitrogens is 1. The number of carbonyl (C=O) groups is 2. The van der Waals surface area contributed by atoms with Gasteiger partial charge >= 0.3 is 5.97 Å². The van der Waals surface area contributed by atoms with Crippen molar-refractivity contribution in [3.05, 3.63) is 93.8 Å². The molecule has 0 atom stereocenters. The number of nitro benzene ring substituents is 1. The molecule has 2 heterocycles. The summed E-state index contributed by atoms with van der Waals surface area (Å²) < 4.78 is 22.9. The molecule has 0 bridgehead atoms. The molecule has 1 amide bonds. The summed E-state index contributed by atoms with van der Waals surface area (Å²) in [7, 11) is 4.62. The lowest BCUT2D eigenvalue weighted by Crippen LogP contribution is -2.52. The highest BCUT2D eigenvalue weighted by molar-refractivity contribution is 6.08. The second-order valence-corrected chi connectivity index (χ2v) is 10.9. The Morgan fingerprint density at radius 1 is 0.978 bits per heavy atom. The first kappa shape index (κ1) is 30.8. The molecule has 0 saturated carbocycles. The zero-order chi connectivity index (χ0) is 32.5. The number of nitro groups is 1. The quantitative estimate of drug-likeness (QED) is 0.104. The molecule has 45 heavy (non-hydrogen) atoms. The van der Waals surface area contributed by atoms with E-state index in [-0.39, 0.29) is 29.7 Å². The number of anilines is 2. The maximum Gasteiger partial charge on any atom is 0.345 e. The lowest BCUT2D eigenvalue weighted by Gasteiger charge is -2.39. The van der Waals surface area contributed by atoms with Crippen molar-refractivity contribution in [2.75, 3.05) is 31.5 Å². The standard InChI is InChI=1S/C33H32N4O8/c1-19-7-8-20(17-34-19)31(38)45-22-10-11-24(28(16-22)43-6)23-12-13-26-30(36(4)32(39)33(2,3)35-26)25(23)18-44-29-15-21(37(40)41)9-14-27(29)42-5/h7-17,35H,18H2,1-6H3. The zero-order valence-corrected chi connectivity index (χ0v) is 25.7. The molecule has 4 aromatic rings. The maximum absolute atomic E-state index is 13.4. The van der Waals surface area contributed by atoms with Gasteiger partial charge in [-0.15, -0.1) is 0 Å². The van der Waals surface area contributed by atoms with E-state index in [1.54, 1.807) is 56.1 Å². The molecule has 1 aliphatic rings. The topological polar surface area (TPSA) is 142 Å². The Balaban J connectivity index is 1.58. The first-order valence-electron chi connectivity index (χ1n) is 13.9. The van der Waals surface area contributed by atoms with Crippen LogP contribution in [-0.2, 0) is 11.4 Å². The number of fused-ring (bicyclic) bond motifs is 1. The van der Waals surface area contributed by atoms with E-state index in [1.807, 2.05) is 19.1 Å². The summed E-state index contributed by atoms with van der Waals surface area (Å²) in [4.78, 5) is 42.8. The Morgan fingerprint density at radius 3 is 2.38 bits per heavy atom. The van der Waals surface area contributed by atoms with Crippen LogP contribution in [0.25, 0.3) is 11.1 Å². The Bertz CT molecular complexity index is 1800. The summed E-state index contributed by atoms with van der Waals surface area (Å²) >= 11 is 0. The number of esters is 1. The number of methoxy groups -OCH3 is 2. The van der Waals surface area contributed by atoms with Crippen molar-refractivity contribution in [3.63, 3.8) is 0 Å². The number of hydrogen-bond acceptors (Lipinski definition) is 10. The summed E-state index contributed by atoms with van der Waals surface area (Å²) in [5.41, 5.74) is 3.23. The van der Waals surface area contributed by atoms with Gasteiger partial charge in [-0.1, -0.05) is 6.07 Å². The molecule has 5 rings (SSSR count). The lowest BCUT2D eigenvalue weighted by atomic mass is 9.91. The number of hydrogen-bond donors (Lipinski definition) is 1. The van der Waals surface area contributed by atoms with Crippen molar-refractivity contribution in [3.8, 4) is 34.1 Å². The Morgan fingerprint density at radius 2 is 1.71 bits per heavy atom. The largest absolute Gasteiger partial charge is 0.496 e. The Hall–Kier alpha value is -5.65. The minimum absolute atomic E-state index is 0.0872. The Labute approximate surface area is 259 Å². The summed E-state index contributed by atoms with van der Waals surface area (Å²) in [6.07, 6.45) is 1.45. The van der Waals surface area contributed by atoms with Gasteiger partial charge in [0.05, 0.1) is 42.1 Å². The number of ether oxygens (including phenoxy) is 4. The molecule has 12 nitrogen and oxygen atoms in total. The molecule has 3 aromatic carbocycles. The van der Waals surface area contributed by atoms with Gasteiger partial charge in [0.1, 0.15) is 23.6 Å². The highest BCUT2D eigenvalue weighted by Gasteiger charge is 2.39. The van der Waals surface area contributed by atoms with Crippen molar-refractivity contribution < 1.29 is 33.5 Å². The number of aryl methyl sites for hydroxylation is 1. The third-order valence-electron chi connectivity index (χ3n) is 7.46. The SMILES string of the molecule is COc1ccc([N+](=O)[O-])cc1OCc1c(-c2ccc(OC(=O)c3ccc(C)nc3)cc2OC)ccc2c1N(C)C(=O)C(C)(C)N2. The zero-order valence-electron chi connectivity index (χ0n) is 25.7. The summed E-state index contributed by atoms with van der Waals surface area (Å²) in [6, 6.07) is 16.2. The molecule has 0 saturated heterocycles. The van der Waals surface area contributed by atoms with E-state index in [0.29, 0.717) is 45.1 Å². The number of benzene rings is 3. The number of pyridine rings is 1. The van der Waals surface area contributed by atoms with E-state index in [2.05, 4.69) is 10.3 Å². The smallest absolute Gasteiger partial charge is 0.345 e. The molecule has 0 fully saturated rings. The average molecular weight is 613 g/mol. The van der Waals surface area contributed by atoms with Crippen molar-refractivity contribution in [2.45, 2.75) is 32.9 Å². The van der Waals surface area contributed by atoms with Gasteiger partial charge in [0, 0.05) is 42.2 Å². The fourth-order valence-corrected chi connectivity index (χ4v) is 5.18. The van der Waals surface area contributed by atoms with Crippen molar-refractivity contribution in [1.29, 1.82) is 0 Å². The third-order valence-corrected chi connectivity index (χ3v) is 7.46. The van der Waals surface area contributed by atoms with Gasteiger partial charge in [-0.2, -0.15) is 0 Å². The van der Waals surface area contributed by atoms with Crippen molar-refractivity contribution >= 4 is 28.9 Å². The molecule has 1 N–H and O–H groups in total. The van der Waals surface area contributed by atoms with E-state index in [9.17, 15) is 19.7 Å². The van der Waals surface area contributed by atoms with Crippen LogP contribution in [0.5, 0.6) is 23.0 Å². The van der Waals surface area contributed by atoms with Crippen LogP contribution >= 0.6 is 0 Å². The van der Waals surface area contributed by atoms with E-state index >= 15 is 0 Å². The number of nitrogens with zero attached hydrogens (tertiary/aromatic N) is 3. The van der Waals surface area contributed by atoms with E-state index in [1.165, 1.54) is 38.6 Å². The Kier molecular flexibility index (Phi) is 8.32. The molecule has 1 aromatic heterocycles. The first-order valence-corrected chi connectivity index (χ1v) is 13.9. The van der Waals surface area contributed by atoms with Crippen LogP contribution in [0, 0.1) is 17.0 Å². The average Bonchev–Trinajstić information content (AvgIpc) is 3.02. The number of rotatable bonds is 9. The van der Waals surface area contributed by atoms with Gasteiger partial charge in [0.2, 0.25) is 0 Å².